The lowest BCUT2D eigenvalue weighted by atomic mass is 10.3. The molecule has 0 bridgehead atoms. The highest BCUT2D eigenvalue weighted by Crippen LogP contribution is 2.05. The molecule has 1 fully saturated rings. The van der Waals surface area contributed by atoms with Crippen LogP contribution >= 0.6 is 0 Å². The number of nitroso groups, excluding NO2 is 1. The summed E-state index contributed by atoms with van der Waals surface area (Å²) in [6.07, 6.45) is 0. The van der Waals surface area contributed by atoms with Gasteiger partial charge in [0.05, 0.1) is 45.6 Å². The van der Waals surface area contributed by atoms with Crippen molar-refractivity contribution in [3.8, 4) is 0 Å². The molecule has 0 spiro atoms. The molecule has 0 amide bonds. The number of hydrogen-bond acceptors (Lipinski definition) is 2. The summed E-state index contributed by atoms with van der Waals surface area (Å²) in [5, 5.41) is 4.47. The molecule has 0 atom stereocenters. The first-order chi connectivity index (χ1) is 4.64. The first-order valence-electron chi connectivity index (χ1n) is 3.54. The minimum Gasteiger partial charge on any atom is -1.00 e. The van der Waals surface area contributed by atoms with Gasteiger partial charge in [0.1, 0.15) is 0 Å². The molecule has 11 heavy (non-hydrogen) atoms. The predicted octanol–water partition coefficient (Wildman–Crippen LogP) is -2.94. The van der Waals surface area contributed by atoms with Gasteiger partial charge in [-0.15, -0.1) is 4.91 Å². The van der Waals surface area contributed by atoms with Gasteiger partial charge in [0, 0.05) is 0 Å². The number of nitrogens with zero attached hydrogens (tertiary/aromatic N) is 3. The maximum absolute atomic E-state index is 10.0. The van der Waals surface area contributed by atoms with Gasteiger partial charge in [0.25, 0.3) is 0 Å². The molecule has 0 unspecified atom stereocenters. The summed E-state index contributed by atoms with van der Waals surface area (Å²) in [6, 6.07) is 0. The molecule has 0 saturated carbocycles. The number of rotatable bonds is 1. The topological polar surface area (TPSA) is 32.7 Å². The maximum Gasteiger partial charge on any atom is 0.0979 e. The van der Waals surface area contributed by atoms with Crippen molar-refractivity contribution in [3.05, 3.63) is 4.91 Å². The molecule has 1 saturated heterocycles. The molecule has 0 aromatic rings. The molecule has 4 nitrogen and oxygen atoms in total. The van der Waals surface area contributed by atoms with E-state index in [1.165, 1.54) is 0 Å². The number of quaternary nitrogens is 1. The monoisotopic (exact) mass is 271 g/mol. The van der Waals surface area contributed by atoms with Gasteiger partial charge in [-0.1, -0.05) is 0 Å². The van der Waals surface area contributed by atoms with Crippen LogP contribution in [0.3, 0.4) is 0 Å². The average molecular weight is 271 g/mol. The molecule has 0 aliphatic carbocycles. The van der Waals surface area contributed by atoms with Gasteiger partial charge < -0.3 is 28.5 Å². The molecule has 1 aliphatic heterocycles. The van der Waals surface area contributed by atoms with E-state index in [0.717, 1.165) is 30.7 Å². The van der Waals surface area contributed by atoms with Crippen LogP contribution in [0.2, 0.25) is 0 Å². The Kier molecular flexibility index (Phi) is 4.23. The van der Waals surface area contributed by atoms with Crippen LogP contribution in [0.25, 0.3) is 0 Å². The van der Waals surface area contributed by atoms with Crippen LogP contribution in [0.15, 0.2) is 5.29 Å². The second-order valence-corrected chi connectivity index (χ2v) is 3.42. The van der Waals surface area contributed by atoms with Gasteiger partial charge >= 0.3 is 0 Å². The predicted molar refractivity (Wildman–Crippen MR) is 39.2 cm³/mol. The lowest BCUT2D eigenvalue weighted by Crippen LogP contribution is -3.00. The van der Waals surface area contributed by atoms with Gasteiger partial charge in [0.2, 0.25) is 0 Å². The fourth-order valence-corrected chi connectivity index (χ4v) is 1.08. The summed E-state index contributed by atoms with van der Waals surface area (Å²) in [5.41, 5.74) is 0. The summed E-state index contributed by atoms with van der Waals surface area (Å²) in [7, 11) is 4.34. The van der Waals surface area contributed by atoms with Crippen molar-refractivity contribution in [2.75, 3.05) is 40.3 Å². The number of hydrogen-bond donors (Lipinski definition) is 0. The molecular weight excluding hydrogens is 257 g/mol. The van der Waals surface area contributed by atoms with Gasteiger partial charge in [-0.2, -0.15) is 0 Å². The zero-order valence-corrected chi connectivity index (χ0v) is 9.11. The van der Waals surface area contributed by atoms with E-state index in [1.54, 1.807) is 5.01 Å². The van der Waals surface area contributed by atoms with E-state index < -0.39 is 0 Å². The van der Waals surface area contributed by atoms with Crippen molar-refractivity contribution < 1.29 is 28.5 Å². The minimum absolute atomic E-state index is 0. The van der Waals surface area contributed by atoms with Gasteiger partial charge in [-0.05, 0) is 0 Å². The molecular formula is C6H14IN3O. The fourth-order valence-electron chi connectivity index (χ4n) is 1.08. The third-order valence-electron chi connectivity index (χ3n) is 2.04. The highest BCUT2D eigenvalue weighted by Gasteiger charge is 2.23. The lowest BCUT2D eigenvalue weighted by Gasteiger charge is -2.36. The third-order valence-corrected chi connectivity index (χ3v) is 2.04. The van der Waals surface area contributed by atoms with E-state index in [0.29, 0.717) is 0 Å². The summed E-state index contributed by atoms with van der Waals surface area (Å²) in [4.78, 5) is 10.0. The Morgan fingerprint density at radius 3 is 2.09 bits per heavy atom. The largest absolute Gasteiger partial charge is 1.00 e. The van der Waals surface area contributed by atoms with E-state index in [9.17, 15) is 4.91 Å². The quantitative estimate of drug-likeness (QED) is 0.290. The summed E-state index contributed by atoms with van der Waals surface area (Å²) >= 11 is 0. The smallest absolute Gasteiger partial charge is 0.0979 e. The molecule has 1 heterocycles. The normalized spacial score (nSPS) is 22.2. The Morgan fingerprint density at radius 2 is 1.73 bits per heavy atom. The number of likely N-dealkylation sites (N-methyl/N-ethyl adjacent to an activating group) is 1. The molecule has 0 aromatic heterocycles. The zero-order valence-electron chi connectivity index (χ0n) is 6.96. The molecule has 66 valence electrons. The van der Waals surface area contributed by atoms with Crippen LogP contribution < -0.4 is 24.0 Å². The van der Waals surface area contributed by atoms with Gasteiger partial charge in [0.15, 0.2) is 0 Å². The first-order valence-corrected chi connectivity index (χ1v) is 3.54. The number of halogens is 1. The van der Waals surface area contributed by atoms with Crippen molar-refractivity contribution >= 4 is 0 Å². The Hall–Kier alpha value is 0.0900. The Balaban J connectivity index is 0.000001000. The zero-order chi connectivity index (χ0) is 7.61. The summed E-state index contributed by atoms with van der Waals surface area (Å²) < 4.78 is 1.01. The molecule has 0 N–H and O–H groups in total. The second-order valence-electron chi connectivity index (χ2n) is 3.42. The Labute approximate surface area is 84.1 Å². The van der Waals surface area contributed by atoms with E-state index >= 15 is 0 Å². The number of piperazine rings is 1. The van der Waals surface area contributed by atoms with Crippen LogP contribution in [0.5, 0.6) is 0 Å². The van der Waals surface area contributed by atoms with Crippen molar-refractivity contribution in [2.45, 2.75) is 0 Å². The highest BCUT2D eigenvalue weighted by molar-refractivity contribution is 4.56. The molecule has 1 aliphatic rings. The van der Waals surface area contributed by atoms with Gasteiger partial charge in [-0.25, -0.2) is 5.01 Å². The van der Waals surface area contributed by atoms with Crippen LogP contribution in [-0.4, -0.2) is 49.8 Å². The van der Waals surface area contributed by atoms with E-state index in [2.05, 4.69) is 19.4 Å². The summed E-state index contributed by atoms with van der Waals surface area (Å²) in [6.45, 7) is 3.64. The molecule has 1 rings (SSSR count). The van der Waals surface area contributed by atoms with Crippen molar-refractivity contribution in [1.29, 1.82) is 0 Å². The first kappa shape index (κ1) is 11.1. The van der Waals surface area contributed by atoms with Gasteiger partial charge in [-0.3, -0.25) is 0 Å². The maximum atomic E-state index is 10.0. The Morgan fingerprint density at radius 1 is 1.27 bits per heavy atom. The Bertz CT molecular complexity index is 130. The molecule has 5 heteroatoms. The minimum atomic E-state index is 0. The highest BCUT2D eigenvalue weighted by atomic mass is 127. The van der Waals surface area contributed by atoms with Crippen LogP contribution in [0.4, 0.5) is 0 Å². The van der Waals surface area contributed by atoms with Crippen LogP contribution in [0.1, 0.15) is 0 Å². The van der Waals surface area contributed by atoms with E-state index in [-0.39, 0.29) is 24.0 Å². The second kappa shape index (κ2) is 4.20. The average Bonchev–Trinajstić information content (AvgIpc) is 1.88. The SMILES string of the molecule is C[N+]1(C)CCN(N=O)CC1.[I-]. The fraction of sp³-hybridized carbons (Fsp3) is 1.00. The van der Waals surface area contributed by atoms with Crippen molar-refractivity contribution in [2.24, 2.45) is 5.29 Å². The van der Waals surface area contributed by atoms with Crippen LogP contribution in [0, 0.1) is 4.91 Å². The third kappa shape index (κ3) is 3.33. The van der Waals surface area contributed by atoms with Crippen LogP contribution in [-0.2, 0) is 0 Å². The molecule has 0 aromatic carbocycles. The van der Waals surface area contributed by atoms with Crippen molar-refractivity contribution in [1.82, 2.24) is 5.01 Å². The van der Waals surface area contributed by atoms with E-state index in [4.69, 9.17) is 0 Å². The standard InChI is InChI=1S/C6H14N3O.HI/c1-9(2)5-3-8(7-10)4-6-9;/h3-6H2,1-2H3;1H/q+1;/p-1. The van der Waals surface area contributed by atoms with E-state index in [1.807, 2.05) is 0 Å². The summed E-state index contributed by atoms with van der Waals surface area (Å²) in [5.74, 6) is 0. The lowest BCUT2D eigenvalue weighted by molar-refractivity contribution is -0.894. The molecule has 0 radical (unpaired) electrons. The van der Waals surface area contributed by atoms with Crippen molar-refractivity contribution in [3.63, 3.8) is 0 Å².